The van der Waals surface area contributed by atoms with Crippen molar-refractivity contribution in [2.24, 2.45) is 0 Å². The molecular formula is C31H36O6. The topological polar surface area (TPSA) is 71.1 Å². The van der Waals surface area contributed by atoms with Crippen molar-refractivity contribution >= 4 is 11.9 Å². The zero-order valence-electron chi connectivity index (χ0n) is 22.0. The minimum atomic E-state index is -0.473. The van der Waals surface area contributed by atoms with Crippen LogP contribution < -0.4 is 18.9 Å². The Kier molecular flexibility index (Phi) is 11.0. The summed E-state index contributed by atoms with van der Waals surface area (Å²) in [5.74, 6) is 1.27. The molecule has 0 unspecified atom stereocenters. The summed E-state index contributed by atoms with van der Waals surface area (Å²) in [5, 5.41) is 0. The first kappa shape index (κ1) is 27.8. The van der Waals surface area contributed by atoms with E-state index in [0.29, 0.717) is 41.4 Å². The third-order valence-electron chi connectivity index (χ3n) is 5.77. The molecule has 0 saturated carbocycles. The van der Waals surface area contributed by atoms with Gasteiger partial charge in [-0.15, -0.1) is 0 Å². The van der Waals surface area contributed by atoms with Crippen molar-refractivity contribution in [3.8, 4) is 23.0 Å². The normalized spacial score (nSPS) is 10.6. The Morgan fingerprint density at radius 3 is 1.51 bits per heavy atom. The van der Waals surface area contributed by atoms with Crippen LogP contribution in [0.1, 0.15) is 78.7 Å². The molecule has 6 heteroatoms. The number of ether oxygens (including phenoxy) is 4. The molecule has 0 aliphatic heterocycles. The second-order valence-electron chi connectivity index (χ2n) is 8.87. The van der Waals surface area contributed by atoms with E-state index in [1.807, 2.05) is 0 Å². The monoisotopic (exact) mass is 504 g/mol. The highest BCUT2D eigenvalue weighted by Gasteiger charge is 2.14. The lowest BCUT2D eigenvalue weighted by molar-refractivity contribution is 0.0718. The third kappa shape index (κ3) is 8.98. The molecule has 3 aromatic carbocycles. The van der Waals surface area contributed by atoms with E-state index in [-0.39, 0.29) is 0 Å². The quantitative estimate of drug-likeness (QED) is 0.128. The van der Waals surface area contributed by atoms with E-state index in [4.69, 9.17) is 18.9 Å². The fourth-order valence-corrected chi connectivity index (χ4v) is 3.58. The maximum Gasteiger partial charge on any atom is 0.343 e. The van der Waals surface area contributed by atoms with Crippen molar-refractivity contribution in [2.45, 2.75) is 59.3 Å². The minimum absolute atomic E-state index is 0.367. The van der Waals surface area contributed by atoms with Crippen molar-refractivity contribution in [1.82, 2.24) is 0 Å². The highest BCUT2D eigenvalue weighted by Crippen LogP contribution is 2.26. The Hall–Kier alpha value is -3.80. The summed E-state index contributed by atoms with van der Waals surface area (Å²) in [7, 11) is 0. The third-order valence-corrected chi connectivity index (χ3v) is 5.77. The van der Waals surface area contributed by atoms with Crippen LogP contribution in [0.2, 0.25) is 0 Å². The fraction of sp³-hybridized carbons (Fsp3) is 0.355. The first-order valence-electron chi connectivity index (χ1n) is 13.0. The molecule has 0 aromatic heterocycles. The van der Waals surface area contributed by atoms with Gasteiger partial charge in [0.2, 0.25) is 0 Å². The SMILES string of the molecule is CCCCCOc1ccc(C(=O)Oc2ccc(OC(=O)c3ccc(OCCCCC)cc3)c(C)c2)cc1. The molecule has 0 heterocycles. The molecule has 0 spiro atoms. The zero-order valence-corrected chi connectivity index (χ0v) is 22.0. The molecule has 37 heavy (non-hydrogen) atoms. The maximum absolute atomic E-state index is 12.6. The molecular weight excluding hydrogens is 468 g/mol. The van der Waals surface area contributed by atoms with Gasteiger partial charge in [0.1, 0.15) is 23.0 Å². The lowest BCUT2D eigenvalue weighted by Crippen LogP contribution is -2.10. The second kappa shape index (κ2) is 14.7. The highest BCUT2D eigenvalue weighted by molar-refractivity contribution is 5.92. The van der Waals surface area contributed by atoms with Crippen LogP contribution in [0.5, 0.6) is 23.0 Å². The zero-order chi connectivity index (χ0) is 26.5. The van der Waals surface area contributed by atoms with Crippen LogP contribution in [0.25, 0.3) is 0 Å². The van der Waals surface area contributed by atoms with Gasteiger partial charge in [0, 0.05) is 0 Å². The van der Waals surface area contributed by atoms with Gasteiger partial charge in [-0.25, -0.2) is 9.59 Å². The van der Waals surface area contributed by atoms with Gasteiger partial charge in [0.15, 0.2) is 0 Å². The number of aryl methyl sites for hydroxylation is 1. The summed E-state index contributed by atoms with van der Waals surface area (Å²) in [5.41, 5.74) is 1.52. The smallest absolute Gasteiger partial charge is 0.343 e. The van der Waals surface area contributed by atoms with E-state index >= 15 is 0 Å². The predicted molar refractivity (Wildman–Crippen MR) is 144 cm³/mol. The van der Waals surface area contributed by atoms with Gasteiger partial charge >= 0.3 is 11.9 Å². The molecule has 0 atom stereocenters. The van der Waals surface area contributed by atoms with Crippen LogP contribution in [-0.2, 0) is 0 Å². The van der Waals surface area contributed by atoms with Crippen LogP contribution in [0.3, 0.4) is 0 Å². The predicted octanol–water partition coefficient (Wildman–Crippen LogP) is 7.57. The van der Waals surface area contributed by atoms with Gasteiger partial charge < -0.3 is 18.9 Å². The Labute approximate surface area is 219 Å². The van der Waals surface area contributed by atoms with Crippen molar-refractivity contribution in [2.75, 3.05) is 13.2 Å². The Morgan fingerprint density at radius 2 is 1.05 bits per heavy atom. The molecule has 0 N–H and O–H groups in total. The van der Waals surface area contributed by atoms with Gasteiger partial charge in [0.05, 0.1) is 24.3 Å². The molecule has 0 amide bonds. The highest BCUT2D eigenvalue weighted by atomic mass is 16.5. The second-order valence-corrected chi connectivity index (χ2v) is 8.87. The van der Waals surface area contributed by atoms with Gasteiger partial charge in [-0.2, -0.15) is 0 Å². The Bertz CT molecular complexity index is 1140. The number of hydrogen-bond donors (Lipinski definition) is 0. The number of hydrogen-bond acceptors (Lipinski definition) is 6. The molecule has 3 rings (SSSR count). The number of benzene rings is 3. The number of unbranched alkanes of at least 4 members (excludes halogenated alkanes) is 4. The molecule has 6 nitrogen and oxygen atoms in total. The molecule has 196 valence electrons. The molecule has 0 radical (unpaired) electrons. The minimum Gasteiger partial charge on any atom is -0.494 e. The van der Waals surface area contributed by atoms with Gasteiger partial charge in [-0.05, 0) is 92.1 Å². The largest absolute Gasteiger partial charge is 0.494 e. The van der Waals surface area contributed by atoms with E-state index < -0.39 is 11.9 Å². The van der Waals surface area contributed by atoms with Crippen LogP contribution >= 0.6 is 0 Å². The van der Waals surface area contributed by atoms with Gasteiger partial charge in [-0.3, -0.25) is 0 Å². The number of carbonyl (C=O) groups excluding carboxylic acids is 2. The lowest BCUT2D eigenvalue weighted by atomic mass is 10.2. The van der Waals surface area contributed by atoms with E-state index in [1.165, 1.54) is 0 Å². The van der Waals surface area contributed by atoms with Gasteiger partial charge in [0.25, 0.3) is 0 Å². The molecule has 0 saturated heterocycles. The van der Waals surface area contributed by atoms with Crippen LogP contribution in [0, 0.1) is 6.92 Å². The average molecular weight is 505 g/mol. The molecule has 3 aromatic rings. The van der Waals surface area contributed by atoms with E-state index in [2.05, 4.69) is 13.8 Å². The van der Waals surface area contributed by atoms with Crippen LogP contribution in [-0.4, -0.2) is 25.2 Å². The summed E-state index contributed by atoms with van der Waals surface area (Å²) in [6.07, 6.45) is 6.55. The summed E-state index contributed by atoms with van der Waals surface area (Å²) >= 11 is 0. The summed E-state index contributed by atoms with van der Waals surface area (Å²) in [6, 6.07) is 18.7. The molecule has 0 bridgehead atoms. The molecule has 0 aliphatic carbocycles. The van der Waals surface area contributed by atoms with Crippen molar-refractivity contribution in [3.05, 3.63) is 83.4 Å². The average Bonchev–Trinajstić information content (AvgIpc) is 2.91. The summed E-state index contributed by atoms with van der Waals surface area (Å²) < 4.78 is 22.4. The van der Waals surface area contributed by atoms with Crippen LogP contribution in [0.4, 0.5) is 0 Å². The van der Waals surface area contributed by atoms with Gasteiger partial charge in [-0.1, -0.05) is 39.5 Å². The van der Waals surface area contributed by atoms with Crippen molar-refractivity contribution in [1.29, 1.82) is 0 Å². The Morgan fingerprint density at radius 1 is 0.595 bits per heavy atom. The number of rotatable bonds is 14. The Balaban J connectivity index is 1.52. The number of carbonyl (C=O) groups is 2. The van der Waals surface area contributed by atoms with Crippen molar-refractivity contribution < 1.29 is 28.5 Å². The van der Waals surface area contributed by atoms with Crippen LogP contribution in [0.15, 0.2) is 66.7 Å². The fourth-order valence-electron chi connectivity index (χ4n) is 3.58. The maximum atomic E-state index is 12.6. The lowest BCUT2D eigenvalue weighted by Gasteiger charge is -2.11. The summed E-state index contributed by atoms with van der Waals surface area (Å²) in [4.78, 5) is 25.1. The summed E-state index contributed by atoms with van der Waals surface area (Å²) in [6.45, 7) is 7.40. The standard InChI is InChI=1S/C31H36O6/c1-4-6-8-20-34-26-14-10-24(11-15-26)30(32)36-28-18-19-29(23(3)22-28)37-31(33)25-12-16-27(17-13-25)35-21-9-7-5-2/h10-19,22H,4-9,20-21H2,1-3H3. The van der Waals surface area contributed by atoms with E-state index in [9.17, 15) is 9.59 Å². The number of esters is 2. The molecule has 0 fully saturated rings. The molecule has 0 aliphatic rings. The first-order chi connectivity index (χ1) is 18.0. The first-order valence-corrected chi connectivity index (χ1v) is 13.0. The van der Waals surface area contributed by atoms with E-state index in [1.54, 1.807) is 73.7 Å². The van der Waals surface area contributed by atoms with E-state index in [0.717, 1.165) is 50.0 Å². The van der Waals surface area contributed by atoms with Crippen molar-refractivity contribution in [3.63, 3.8) is 0 Å².